The molecule has 0 heterocycles. The molecular formula is C13H21N3O. The summed E-state index contributed by atoms with van der Waals surface area (Å²) >= 11 is 0. The van der Waals surface area contributed by atoms with Gasteiger partial charge in [-0.25, -0.2) is 4.79 Å². The lowest BCUT2D eigenvalue weighted by Gasteiger charge is -2.21. The van der Waals surface area contributed by atoms with Gasteiger partial charge in [0.05, 0.1) is 0 Å². The molecule has 0 aliphatic rings. The van der Waals surface area contributed by atoms with Crippen LogP contribution in [0.25, 0.3) is 0 Å². The van der Waals surface area contributed by atoms with Crippen LogP contribution >= 0.6 is 0 Å². The summed E-state index contributed by atoms with van der Waals surface area (Å²) in [6.07, 6.45) is 0. The van der Waals surface area contributed by atoms with Crippen molar-refractivity contribution in [3.63, 3.8) is 0 Å². The second-order valence-corrected chi connectivity index (χ2v) is 5.18. The van der Waals surface area contributed by atoms with Crippen molar-refractivity contribution in [1.29, 1.82) is 0 Å². The maximum Gasteiger partial charge on any atom is 0.319 e. The predicted octanol–water partition coefficient (Wildman–Crippen LogP) is 2.37. The molecule has 4 nitrogen and oxygen atoms in total. The van der Waals surface area contributed by atoms with E-state index >= 15 is 0 Å². The van der Waals surface area contributed by atoms with Crippen LogP contribution in [-0.4, -0.2) is 11.6 Å². The van der Waals surface area contributed by atoms with Crippen LogP contribution < -0.4 is 16.4 Å². The lowest BCUT2D eigenvalue weighted by Crippen LogP contribution is -2.43. The molecule has 0 radical (unpaired) electrons. The summed E-state index contributed by atoms with van der Waals surface area (Å²) in [5, 5.41) is 5.69. The first kappa shape index (κ1) is 13.5. The number of aryl methyl sites for hydroxylation is 1. The van der Waals surface area contributed by atoms with Crippen LogP contribution in [0.15, 0.2) is 18.2 Å². The van der Waals surface area contributed by atoms with Gasteiger partial charge in [-0.3, -0.25) is 0 Å². The van der Waals surface area contributed by atoms with Gasteiger partial charge in [0.1, 0.15) is 0 Å². The van der Waals surface area contributed by atoms with Crippen LogP contribution in [0.2, 0.25) is 0 Å². The Balaban J connectivity index is 2.77. The first-order chi connectivity index (χ1) is 7.81. The SMILES string of the molecule is Cc1ccc(CN)cc1NC(=O)NC(C)(C)C. The van der Waals surface area contributed by atoms with Gasteiger partial charge in [0, 0.05) is 17.8 Å². The van der Waals surface area contributed by atoms with Gasteiger partial charge in [0.15, 0.2) is 0 Å². The van der Waals surface area contributed by atoms with E-state index in [1.807, 2.05) is 45.9 Å². The first-order valence-corrected chi connectivity index (χ1v) is 5.70. The zero-order chi connectivity index (χ0) is 13.1. The fraction of sp³-hybridized carbons (Fsp3) is 0.462. The molecule has 0 saturated carbocycles. The third kappa shape index (κ3) is 4.44. The molecule has 0 aliphatic carbocycles. The Morgan fingerprint density at radius 2 is 2.00 bits per heavy atom. The molecule has 0 atom stereocenters. The van der Waals surface area contributed by atoms with Gasteiger partial charge in [0.25, 0.3) is 0 Å². The molecule has 17 heavy (non-hydrogen) atoms. The van der Waals surface area contributed by atoms with Crippen molar-refractivity contribution < 1.29 is 4.79 Å². The number of hydrogen-bond donors (Lipinski definition) is 3. The Kier molecular flexibility index (Phi) is 4.12. The minimum atomic E-state index is -0.247. The number of hydrogen-bond acceptors (Lipinski definition) is 2. The molecule has 94 valence electrons. The van der Waals surface area contributed by atoms with Crippen molar-refractivity contribution in [2.24, 2.45) is 5.73 Å². The van der Waals surface area contributed by atoms with Gasteiger partial charge in [-0.05, 0) is 44.9 Å². The molecule has 0 spiro atoms. The summed E-state index contributed by atoms with van der Waals surface area (Å²) in [5.74, 6) is 0. The number of nitrogens with one attached hydrogen (secondary N) is 2. The molecule has 0 aromatic heterocycles. The largest absolute Gasteiger partial charge is 0.333 e. The van der Waals surface area contributed by atoms with Crippen LogP contribution in [0.4, 0.5) is 10.5 Å². The highest BCUT2D eigenvalue weighted by atomic mass is 16.2. The standard InChI is InChI=1S/C13H21N3O/c1-9-5-6-10(8-14)7-11(9)15-12(17)16-13(2,3)4/h5-7H,8,14H2,1-4H3,(H2,15,16,17). The number of urea groups is 1. The lowest BCUT2D eigenvalue weighted by atomic mass is 10.1. The molecular weight excluding hydrogens is 214 g/mol. The van der Waals surface area contributed by atoms with Crippen molar-refractivity contribution in [1.82, 2.24) is 5.32 Å². The maximum atomic E-state index is 11.7. The summed E-state index contributed by atoms with van der Waals surface area (Å²) in [7, 11) is 0. The monoisotopic (exact) mass is 235 g/mol. The molecule has 0 unspecified atom stereocenters. The van der Waals surface area contributed by atoms with E-state index in [9.17, 15) is 4.79 Å². The Labute approximate surface area is 103 Å². The van der Waals surface area contributed by atoms with Crippen molar-refractivity contribution in [3.8, 4) is 0 Å². The van der Waals surface area contributed by atoms with Crippen LogP contribution in [0, 0.1) is 6.92 Å². The van der Waals surface area contributed by atoms with E-state index in [2.05, 4.69) is 10.6 Å². The highest BCUT2D eigenvalue weighted by Crippen LogP contribution is 2.16. The zero-order valence-corrected chi connectivity index (χ0v) is 10.9. The van der Waals surface area contributed by atoms with Crippen LogP contribution in [0.1, 0.15) is 31.9 Å². The average molecular weight is 235 g/mol. The van der Waals surface area contributed by atoms with E-state index < -0.39 is 0 Å². The summed E-state index contributed by atoms with van der Waals surface area (Å²) in [5.41, 5.74) is 8.15. The van der Waals surface area contributed by atoms with Gasteiger partial charge in [-0.2, -0.15) is 0 Å². The molecule has 4 N–H and O–H groups in total. The van der Waals surface area contributed by atoms with E-state index in [4.69, 9.17) is 5.73 Å². The molecule has 1 rings (SSSR count). The van der Waals surface area contributed by atoms with Gasteiger partial charge in [-0.1, -0.05) is 12.1 Å². The number of carbonyl (C=O) groups is 1. The minimum Gasteiger partial charge on any atom is -0.333 e. The number of amides is 2. The quantitative estimate of drug-likeness (QED) is 0.736. The number of anilines is 1. The summed E-state index contributed by atoms with van der Waals surface area (Å²) in [4.78, 5) is 11.7. The summed E-state index contributed by atoms with van der Waals surface area (Å²) in [6, 6.07) is 5.61. The van der Waals surface area contributed by atoms with Gasteiger partial charge in [0.2, 0.25) is 0 Å². The zero-order valence-electron chi connectivity index (χ0n) is 10.9. The fourth-order valence-electron chi connectivity index (χ4n) is 1.42. The fourth-order valence-corrected chi connectivity index (χ4v) is 1.42. The number of rotatable bonds is 2. The first-order valence-electron chi connectivity index (χ1n) is 5.70. The van der Waals surface area contributed by atoms with Crippen LogP contribution in [0.3, 0.4) is 0 Å². The average Bonchev–Trinajstić information content (AvgIpc) is 2.18. The molecule has 4 heteroatoms. The molecule has 0 aliphatic heterocycles. The minimum absolute atomic E-state index is 0.199. The van der Waals surface area contributed by atoms with Gasteiger partial charge < -0.3 is 16.4 Å². The molecule has 0 saturated heterocycles. The van der Waals surface area contributed by atoms with Gasteiger partial charge >= 0.3 is 6.03 Å². The number of benzene rings is 1. The third-order valence-electron chi connectivity index (χ3n) is 2.27. The Hall–Kier alpha value is -1.55. The Morgan fingerprint density at radius 3 is 2.53 bits per heavy atom. The second-order valence-electron chi connectivity index (χ2n) is 5.18. The predicted molar refractivity (Wildman–Crippen MR) is 71.0 cm³/mol. The van der Waals surface area contributed by atoms with Crippen LogP contribution in [-0.2, 0) is 6.54 Å². The molecule has 1 aromatic rings. The number of carbonyl (C=O) groups excluding carboxylic acids is 1. The topological polar surface area (TPSA) is 67.1 Å². The van der Waals surface area contributed by atoms with Crippen molar-refractivity contribution in [2.45, 2.75) is 39.8 Å². The summed E-state index contributed by atoms with van der Waals surface area (Å²) in [6.45, 7) is 8.24. The Morgan fingerprint density at radius 1 is 1.35 bits per heavy atom. The van der Waals surface area contributed by atoms with E-state index in [0.29, 0.717) is 6.54 Å². The Bertz CT molecular complexity index is 408. The van der Waals surface area contributed by atoms with Crippen molar-refractivity contribution in [3.05, 3.63) is 29.3 Å². The van der Waals surface area contributed by atoms with Gasteiger partial charge in [-0.15, -0.1) is 0 Å². The van der Waals surface area contributed by atoms with E-state index in [1.54, 1.807) is 0 Å². The van der Waals surface area contributed by atoms with E-state index in [1.165, 1.54) is 0 Å². The maximum absolute atomic E-state index is 11.7. The normalized spacial score (nSPS) is 11.1. The highest BCUT2D eigenvalue weighted by Gasteiger charge is 2.14. The third-order valence-corrected chi connectivity index (χ3v) is 2.27. The van der Waals surface area contributed by atoms with E-state index in [-0.39, 0.29) is 11.6 Å². The lowest BCUT2D eigenvalue weighted by molar-refractivity contribution is 0.244. The van der Waals surface area contributed by atoms with Crippen molar-refractivity contribution in [2.75, 3.05) is 5.32 Å². The number of nitrogens with two attached hydrogens (primary N) is 1. The smallest absolute Gasteiger partial charge is 0.319 e. The molecule has 1 aromatic carbocycles. The van der Waals surface area contributed by atoms with E-state index in [0.717, 1.165) is 16.8 Å². The van der Waals surface area contributed by atoms with Crippen molar-refractivity contribution >= 4 is 11.7 Å². The summed E-state index contributed by atoms with van der Waals surface area (Å²) < 4.78 is 0. The van der Waals surface area contributed by atoms with Crippen LogP contribution in [0.5, 0.6) is 0 Å². The molecule has 0 bridgehead atoms. The molecule has 2 amide bonds. The highest BCUT2D eigenvalue weighted by molar-refractivity contribution is 5.90. The molecule has 0 fully saturated rings. The second kappa shape index (κ2) is 5.19.